The third kappa shape index (κ3) is 5.89. The van der Waals surface area contributed by atoms with Crippen molar-refractivity contribution in [2.75, 3.05) is 24.7 Å². The zero-order valence-electron chi connectivity index (χ0n) is 23.1. The number of terminal acetylenes is 1. The van der Waals surface area contributed by atoms with Crippen molar-refractivity contribution in [2.45, 2.75) is 49.0 Å². The van der Waals surface area contributed by atoms with Crippen LogP contribution in [0.2, 0.25) is 0 Å². The Morgan fingerprint density at radius 1 is 1.37 bits per heavy atom. The normalized spacial score (nSPS) is 29.7. The van der Waals surface area contributed by atoms with Crippen molar-refractivity contribution in [2.24, 2.45) is 0 Å². The lowest BCUT2D eigenvalue weighted by atomic mass is 9.99. The first kappa shape index (κ1) is 32.7. The number of imidazole rings is 1. The first-order valence-corrected chi connectivity index (χ1v) is 18.0. The second kappa shape index (κ2) is 12.4. The van der Waals surface area contributed by atoms with Crippen LogP contribution in [0.3, 0.4) is 0 Å². The Balaban J connectivity index is 1.26. The Kier molecular flexibility index (Phi) is 8.86. The van der Waals surface area contributed by atoms with E-state index >= 15 is 4.39 Å². The maximum Gasteiger partial charge on any atom is 0.582 e. The number of nitrogen functional groups attached to an aromatic ring is 2. The first-order chi connectivity index (χ1) is 21.9. The summed E-state index contributed by atoms with van der Waals surface area (Å²) in [6, 6.07) is 1.57. The van der Waals surface area contributed by atoms with Crippen LogP contribution < -0.4 is 17.0 Å². The zero-order valence-corrected chi connectivity index (χ0v) is 26.6. The summed E-state index contributed by atoms with van der Waals surface area (Å²) in [5.74, 6) is 2.13. The number of hydrogen-bond acceptors (Lipinski definition) is 16. The van der Waals surface area contributed by atoms with Crippen LogP contribution in [0.1, 0.15) is 18.9 Å². The van der Waals surface area contributed by atoms with Gasteiger partial charge >= 0.3 is 13.9 Å². The molecule has 0 spiro atoms. The number of thiol groups is 1. The molecule has 0 bridgehead atoms. The molecule has 2 aliphatic rings. The summed E-state index contributed by atoms with van der Waals surface area (Å²) in [7, 11) is -2.50. The molecule has 2 aliphatic heterocycles. The SMILES string of the molecule is C#C[C@]1(COP(O)(=S)O[C@@H]2[C@@H](F)[C@@H](CO)O[C@H]2n2nnc3c(=O)[nH]c(N)nc32)O[C@@H](n2cnc3c(N)ccnc32)C[C@@H]1O[P+](=O)S. The molecule has 0 saturated carbocycles. The van der Waals surface area contributed by atoms with Crippen molar-refractivity contribution in [1.82, 2.24) is 39.5 Å². The largest absolute Gasteiger partial charge is 0.582 e. The number of H-pyrrole nitrogens is 1. The maximum atomic E-state index is 15.5. The fourth-order valence-electron chi connectivity index (χ4n) is 5.15. The summed E-state index contributed by atoms with van der Waals surface area (Å²) in [5.41, 5.74) is 9.76. The van der Waals surface area contributed by atoms with Gasteiger partial charge in [0, 0.05) is 12.6 Å². The number of rotatable bonds is 10. The molecule has 0 amide bonds. The highest BCUT2D eigenvalue weighted by molar-refractivity contribution is 8.39. The summed E-state index contributed by atoms with van der Waals surface area (Å²) in [4.78, 5) is 38.1. The molecular weight excluding hydrogens is 693 g/mol. The minimum atomic E-state index is -4.44. The molecule has 2 unspecified atom stereocenters. The molecule has 9 atom stereocenters. The van der Waals surface area contributed by atoms with Crippen LogP contribution in [0, 0.1) is 12.3 Å². The number of aromatic amines is 1. The zero-order chi connectivity index (χ0) is 33.0. The number of nitrogens with one attached hydrogen (secondary N) is 1. The predicted molar refractivity (Wildman–Crippen MR) is 163 cm³/mol. The summed E-state index contributed by atoms with van der Waals surface area (Å²) < 4.78 is 58.3. The number of ether oxygens (including phenoxy) is 2. The summed E-state index contributed by atoms with van der Waals surface area (Å²) in [6.07, 6.45) is -0.0817. The van der Waals surface area contributed by atoms with E-state index in [1.54, 1.807) is 6.07 Å². The summed E-state index contributed by atoms with van der Waals surface area (Å²) in [6.45, 7) is -5.92. The van der Waals surface area contributed by atoms with Crippen LogP contribution in [0.25, 0.3) is 22.3 Å². The fraction of sp³-hybridized carbons (Fsp3) is 0.455. The second-order valence-electron chi connectivity index (χ2n) is 10.1. The Hall–Kier alpha value is -3.19. The number of halogens is 1. The van der Waals surface area contributed by atoms with Crippen LogP contribution in [-0.2, 0) is 39.4 Å². The van der Waals surface area contributed by atoms with E-state index in [2.05, 4.69) is 48.4 Å². The molecule has 244 valence electrons. The Labute approximate surface area is 268 Å². The molecule has 2 saturated heterocycles. The lowest BCUT2D eigenvalue weighted by Crippen LogP contribution is -2.43. The van der Waals surface area contributed by atoms with E-state index in [4.69, 9.17) is 52.7 Å². The molecule has 4 aromatic heterocycles. The summed E-state index contributed by atoms with van der Waals surface area (Å²) >= 11 is 9.03. The highest BCUT2D eigenvalue weighted by atomic mass is 32.7. The molecule has 0 aromatic carbocycles. The third-order valence-corrected chi connectivity index (χ3v) is 9.54. The molecule has 46 heavy (non-hydrogen) atoms. The molecule has 6 rings (SSSR count). The quantitative estimate of drug-likeness (QED) is 0.0729. The van der Waals surface area contributed by atoms with Crippen molar-refractivity contribution in [3.8, 4) is 12.3 Å². The lowest BCUT2D eigenvalue weighted by molar-refractivity contribution is -0.0843. The number of aliphatic hydroxyl groups excluding tert-OH is 1. The van der Waals surface area contributed by atoms with E-state index in [9.17, 15) is 19.4 Å². The number of aliphatic hydroxyl groups is 1. The van der Waals surface area contributed by atoms with Gasteiger partial charge in [0.05, 0.1) is 25.2 Å². The molecule has 2 fully saturated rings. The Morgan fingerprint density at radius 3 is 2.87 bits per heavy atom. The van der Waals surface area contributed by atoms with Gasteiger partial charge in [0.2, 0.25) is 5.95 Å². The van der Waals surface area contributed by atoms with E-state index in [1.807, 2.05) is 0 Å². The second-order valence-corrected chi connectivity index (χ2v) is 14.5. The number of aromatic nitrogens is 8. The van der Waals surface area contributed by atoms with Crippen LogP contribution >= 0.6 is 26.2 Å². The van der Waals surface area contributed by atoms with Crippen molar-refractivity contribution in [3.05, 3.63) is 28.9 Å². The molecule has 0 aliphatic carbocycles. The molecule has 7 N–H and O–H groups in total. The topological polar surface area (TPSA) is 263 Å². The van der Waals surface area contributed by atoms with Gasteiger partial charge in [-0.3, -0.25) is 18.9 Å². The molecule has 6 heterocycles. The van der Waals surface area contributed by atoms with E-state index in [0.717, 1.165) is 4.68 Å². The van der Waals surface area contributed by atoms with Crippen molar-refractivity contribution < 1.29 is 42.0 Å². The third-order valence-electron chi connectivity index (χ3n) is 7.28. The van der Waals surface area contributed by atoms with E-state index < -0.39 is 75.3 Å². The van der Waals surface area contributed by atoms with Gasteiger partial charge < -0.3 is 35.5 Å². The van der Waals surface area contributed by atoms with Crippen LogP contribution in [-0.4, -0.2) is 92.8 Å². The average molecular weight is 718 g/mol. The van der Waals surface area contributed by atoms with Gasteiger partial charge in [0.15, 0.2) is 40.9 Å². The van der Waals surface area contributed by atoms with Gasteiger partial charge in [0.1, 0.15) is 36.2 Å². The monoisotopic (exact) mass is 717 g/mol. The van der Waals surface area contributed by atoms with E-state index in [0.29, 0.717) is 16.9 Å². The Morgan fingerprint density at radius 2 is 2.15 bits per heavy atom. The highest BCUT2D eigenvalue weighted by Gasteiger charge is 2.55. The first-order valence-electron chi connectivity index (χ1n) is 13.1. The number of hydrogen-bond donors (Lipinski definition) is 6. The fourth-order valence-corrected chi connectivity index (χ4v) is 7.36. The number of nitrogens with zero attached hydrogens (tertiary/aromatic N) is 7. The van der Waals surface area contributed by atoms with Crippen molar-refractivity contribution in [3.63, 3.8) is 0 Å². The van der Waals surface area contributed by atoms with Crippen LogP contribution in [0.15, 0.2) is 23.4 Å². The number of fused-ring (bicyclic) bond motifs is 2. The molecule has 0 radical (unpaired) electrons. The molecule has 19 nitrogen and oxygen atoms in total. The number of alkyl halides is 1. The van der Waals surface area contributed by atoms with Crippen molar-refractivity contribution in [1.29, 1.82) is 0 Å². The Bertz CT molecular complexity index is 1980. The maximum absolute atomic E-state index is 15.5. The highest BCUT2D eigenvalue weighted by Crippen LogP contribution is 2.53. The number of pyridine rings is 1. The van der Waals surface area contributed by atoms with Gasteiger partial charge in [-0.1, -0.05) is 11.1 Å². The summed E-state index contributed by atoms with van der Waals surface area (Å²) in [5, 5.41) is 17.2. The number of anilines is 2. The predicted octanol–water partition coefficient (Wildman–Crippen LogP) is 0.234. The van der Waals surface area contributed by atoms with Crippen LogP contribution in [0.5, 0.6) is 0 Å². The smallest absolute Gasteiger partial charge is 0.397 e. The van der Waals surface area contributed by atoms with Gasteiger partial charge in [0.25, 0.3) is 5.56 Å². The van der Waals surface area contributed by atoms with Gasteiger partial charge in [-0.05, 0) is 22.4 Å². The number of nitrogens with two attached hydrogens (primary N) is 2. The lowest BCUT2D eigenvalue weighted by Gasteiger charge is -2.29. The molecule has 4 aromatic rings. The standard InChI is InChI=1S/C22H23FN10O9P2S2/c1-2-22(11(41-43(36)45)5-12(40-22)32-8-27-14-9(24)3-4-26-17(14)32)7-38-44(37,46)42-16-13(23)10(6-34)39-20(16)33-18-15(30-31-33)19(35)29-21(25)28-18/h1,3-4,8,10-13,16,20,34H,5-7H2,(H6-,24,25,26,28,29,31,35,36,37,45,46)/p+1/t10-,11+,12-,13+,16-,20-,22-,44?/m1/s1. The van der Waals surface area contributed by atoms with E-state index in [1.165, 1.54) is 17.1 Å². The average Bonchev–Trinajstić information content (AvgIpc) is 3.77. The minimum Gasteiger partial charge on any atom is -0.397 e. The van der Waals surface area contributed by atoms with Crippen molar-refractivity contribution >= 4 is 72.0 Å². The van der Waals surface area contributed by atoms with Gasteiger partial charge in [-0.2, -0.15) is 9.67 Å². The molecular formula is C22H24FN10O9P2S2+. The minimum absolute atomic E-state index is 0.00417. The van der Waals surface area contributed by atoms with Gasteiger partial charge in [-0.15, -0.1) is 16.0 Å². The van der Waals surface area contributed by atoms with Crippen LogP contribution in [0.4, 0.5) is 16.0 Å². The van der Waals surface area contributed by atoms with E-state index in [-0.39, 0.29) is 23.5 Å². The van der Waals surface area contributed by atoms with Gasteiger partial charge in [-0.25, -0.2) is 14.4 Å². The molecule has 24 heteroatoms.